The first-order chi connectivity index (χ1) is 9.94. The van der Waals surface area contributed by atoms with E-state index in [0.717, 1.165) is 19.4 Å². The van der Waals surface area contributed by atoms with Gasteiger partial charge in [-0.1, -0.05) is 6.42 Å². The number of halogens is 3. The molecule has 0 aromatic rings. The Morgan fingerprint density at radius 3 is 2.24 bits per heavy atom. The lowest BCUT2D eigenvalue weighted by Gasteiger charge is -2.36. The van der Waals surface area contributed by atoms with Crippen molar-refractivity contribution in [2.24, 2.45) is 0 Å². The second kappa shape index (κ2) is 7.79. The summed E-state index contributed by atoms with van der Waals surface area (Å²) >= 11 is 0. The molecule has 0 radical (unpaired) electrons. The molecule has 2 saturated heterocycles. The third-order valence-corrected chi connectivity index (χ3v) is 4.71. The summed E-state index contributed by atoms with van der Waals surface area (Å²) in [6.45, 7) is 5.91. The van der Waals surface area contributed by atoms with Gasteiger partial charge in [-0.15, -0.1) is 0 Å². The molecular formula is C15H28F3N3. The minimum atomic E-state index is -4.07. The van der Waals surface area contributed by atoms with E-state index < -0.39 is 12.7 Å². The maximum absolute atomic E-state index is 12.3. The largest absolute Gasteiger partial charge is 0.401 e. The third kappa shape index (κ3) is 6.12. The van der Waals surface area contributed by atoms with Gasteiger partial charge in [0.25, 0.3) is 0 Å². The van der Waals surface area contributed by atoms with Gasteiger partial charge in [-0.3, -0.25) is 9.80 Å². The average molecular weight is 307 g/mol. The van der Waals surface area contributed by atoms with Gasteiger partial charge in [0.05, 0.1) is 6.54 Å². The van der Waals surface area contributed by atoms with E-state index in [1.807, 2.05) is 0 Å². The number of nitrogens with one attached hydrogen (secondary N) is 1. The highest BCUT2D eigenvalue weighted by molar-refractivity contribution is 4.81. The van der Waals surface area contributed by atoms with E-state index in [4.69, 9.17) is 0 Å². The van der Waals surface area contributed by atoms with Crippen molar-refractivity contribution in [3.8, 4) is 0 Å². The van der Waals surface area contributed by atoms with Crippen LogP contribution in [0.4, 0.5) is 13.2 Å². The van der Waals surface area contributed by atoms with Crippen LogP contribution in [0.5, 0.6) is 0 Å². The van der Waals surface area contributed by atoms with Crippen LogP contribution < -0.4 is 5.32 Å². The van der Waals surface area contributed by atoms with Gasteiger partial charge < -0.3 is 5.32 Å². The summed E-state index contributed by atoms with van der Waals surface area (Å²) in [6.07, 6.45) is 1.50. The maximum Gasteiger partial charge on any atom is 0.401 e. The van der Waals surface area contributed by atoms with Gasteiger partial charge in [0.15, 0.2) is 0 Å². The topological polar surface area (TPSA) is 18.5 Å². The van der Waals surface area contributed by atoms with E-state index in [9.17, 15) is 13.2 Å². The van der Waals surface area contributed by atoms with Crippen molar-refractivity contribution in [3.05, 3.63) is 0 Å². The van der Waals surface area contributed by atoms with E-state index in [-0.39, 0.29) is 0 Å². The number of hydrogen-bond acceptors (Lipinski definition) is 3. The molecule has 2 aliphatic heterocycles. The van der Waals surface area contributed by atoms with Crippen molar-refractivity contribution in [1.82, 2.24) is 15.1 Å². The standard InChI is InChI=1S/C15H28F3N3/c1-13(21-7-3-2-4-8-21)11-19-14-5-9-20(10-6-14)12-15(16,17)18/h13-14,19H,2-12H2,1H3. The predicted octanol–water partition coefficient (Wildman–Crippen LogP) is 2.48. The first kappa shape index (κ1) is 17.0. The second-order valence-corrected chi connectivity index (χ2v) is 6.52. The van der Waals surface area contributed by atoms with Gasteiger partial charge in [0.2, 0.25) is 0 Å². The van der Waals surface area contributed by atoms with Crippen molar-refractivity contribution in [1.29, 1.82) is 0 Å². The molecular weight excluding hydrogens is 279 g/mol. The van der Waals surface area contributed by atoms with Crippen molar-refractivity contribution in [2.75, 3.05) is 39.3 Å². The predicted molar refractivity (Wildman–Crippen MR) is 78.4 cm³/mol. The molecule has 0 spiro atoms. The molecule has 0 aliphatic carbocycles. The first-order valence-electron chi connectivity index (χ1n) is 8.20. The fourth-order valence-corrected chi connectivity index (χ4v) is 3.37. The van der Waals surface area contributed by atoms with E-state index in [2.05, 4.69) is 17.1 Å². The molecule has 0 aromatic carbocycles. The van der Waals surface area contributed by atoms with Crippen LogP contribution in [0, 0.1) is 0 Å². The van der Waals surface area contributed by atoms with E-state index in [1.165, 1.54) is 37.3 Å². The molecule has 1 atom stereocenters. The van der Waals surface area contributed by atoms with E-state index in [0.29, 0.717) is 25.2 Å². The van der Waals surface area contributed by atoms with Crippen LogP contribution in [0.3, 0.4) is 0 Å². The molecule has 2 rings (SSSR count). The van der Waals surface area contributed by atoms with Crippen LogP contribution in [0.2, 0.25) is 0 Å². The highest BCUT2D eigenvalue weighted by atomic mass is 19.4. The molecule has 0 saturated carbocycles. The Morgan fingerprint density at radius 1 is 1.05 bits per heavy atom. The highest BCUT2D eigenvalue weighted by Crippen LogP contribution is 2.20. The van der Waals surface area contributed by atoms with Gasteiger partial charge >= 0.3 is 6.18 Å². The Kier molecular flexibility index (Phi) is 6.32. The fourth-order valence-electron chi connectivity index (χ4n) is 3.37. The normalized spacial score (nSPS) is 25.1. The zero-order valence-corrected chi connectivity index (χ0v) is 13.0. The van der Waals surface area contributed by atoms with Crippen LogP contribution in [-0.4, -0.2) is 67.3 Å². The maximum atomic E-state index is 12.3. The van der Waals surface area contributed by atoms with Gasteiger partial charge in [0, 0.05) is 18.6 Å². The number of alkyl halides is 3. The summed E-state index contributed by atoms with van der Waals surface area (Å²) in [4.78, 5) is 4.04. The van der Waals surface area contributed by atoms with Crippen LogP contribution in [0.1, 0.15) is 39.0 Å². The van der Waals surface area contributed by atoms with Crippen LogP contribution in [0.25, 0.3) is 0 Å². The Bertz CT molecular complexity index is 295. The fraction of sp³-hybridized carbons (Fsp3) is 1.00. The minimum absolute atomic E-state index is 0.377. The zero-order valence-electron chi connectivity index (χ0n) is 13.0. The molecule has 1 unspecified atom stereocenters. The number of hydrogen-bond donors (Lipinski definition) is 1. The number of nitrogens with zero attached hydrogens (tertiary/aromatic N) is 2. The van der Waals surface area contributed by atoms with Crippen LogP contribution >= 0.6 is 0 Å². The minimum Gasteiger partial charge on any atom is -0.312 e. The summed E-state index contributed by atoms with van der Waals surface area (Å²) < 4.78 is 37.0. The number of rotatable bonds is 5. The average Bonchev–Trinajstić information content (AvgIpc) is 2.45. The Morgan fingerprint density at radius 2 is 1.67 bits per heavy atom. The second-order valence-electron chi connectivity index (χ2n) is 6.52. The van der Waals surface area contributed by atoms with Crippen LogP contribution in [-0.2, 0) is 0 Å². The Labute approximate surface area is 125 Å². The zero-order chi connectivity index (χ0) is 15.3. The number of likely N-dealkylation sites (tertiary alicyclic amines) is 2. The molecule has 3 nitrogen and oxygen atoms in total. The highest BCUT2D eigenvalue weighted by Gasteiger charge is 2.32. The molecule has 21 heavy (non-hydrogen) atoms. The summed E-state index contributed by atoms with van der Waals surface area (Å²) in [5.41, 5.74) is 0. The number of piperidine rings is 2. The van der Waals surface area contributed by atoms with Gasteiger partial charge in [0.1, 0.15) is 0 Å². The van der Waals surface area contributed by atoms with Crippen molar-refractivity contribution in [3.63, 3.8) is 0 Å². The van der Waals surface area contributed by atoms with Gasteiger partial charge in [-0.25, -0.2) is 0 Å². The van der Waals surface area contributed by atoms with E-state index >= 15 is 0 Å². The first-order valence-corrected chi connectivity index (χ1v) is 8.20. The summed E-state index contributed by atoms with van der Waals surface area (Å²) in [5, 5.41) is 3.55. The van der Waals surface area contributed by atoms with Crippen molar-refractivity contribution >= 4 is 0 Å². The lowest BCUT2D eigenvalue weighted by Crippen LogP contribution is -2.49. The Balaban J connectivity index is 1.62. The molecule has 2 aliphatic rings. The summed E-state index contributed by atoms with van der Waals surface area (Å²) in [5.74, 6) is 0. The third-order valence-electron chi connectivity index (χ3n) is 4.71. The molecule has 2 heterocycles. The van der Waals surface area contributed by atoms with Crippen LogP contribution in [0.15, 0.2) is 0 Å². The molecule has 2 fully saturated rings. The summed E-state index contributed by atoms with van der Waals surface area (Å²) in [6, 6.07) is 0.903. The van der Waals surface area contributed by atoms with Gasteiger partial charge in [-0.05, 0) is 58.8 Å². The van der Waals surface area contributed by atoms with Gasteiger partial charge in [-0.2, -0.15) is 13.2 Å². The molecule has 0 amide bonds. The monoisotopic (exact) mass is 307 g/mol. The Hall–Kier alpha value is -0.330. The SMILES string of the molecule is CC(CNC1CCN(CC(F)(F)F)CC1)N1CCCCC1. The smallest absolute Gasteiger partial charge is 0.312 e. The molecule has 0 bridgehead atoms. The summed E-state index contributed by atoms with van der Waals surface area (Å²) in [7, 11) is 0. The lowest BCUT2D eigenvalue weighted by atomic mass is 10.0. The van der Waals surface area contributed by atoms with Crippen molar-refractivity contribution < 1.29 is 13.2 Å². The van der Waals surface area contributed by atoms with Crippen molar-refractivity contribution in [2.45, 2.75) is 57.3 Å². The lowest BCUT2D eigenvalue weighted by molar-refractivity contribution is -0.148. The molecule has 124 valence electrons. The molecule has 0 aromatic heterocycles. The quantitative estimate of drug-likeness (QED) is 0.842. The van der Waals surface area contributed by atoms with E-state index in [1.54, 1.807) is 0 Å². The molecule has 6 heteroatoms. The molecule has 1 N–H and O–H groups in total.